The summed E-state index contributed by atoms with van der Waals surface area (Å²) in [5, 5.41) is 2.29. The van der Waals surface area contributed by atoms with E-state index >= 15 is 0 Å². The molecule has 2 nitrogen and oxygen atoms in total. The number of para-hydroxylation sites is 3. The third kappa shape index (κ3) is 5.61. The molecule has 15 rings (SSSR count). The van der Waals surface area contributed by atoms with Gasteiger partial charge in [0.2, 0.25) is 0 Å². The lowest BCUT2D eigenvalue weighted by Gasteiger charge is -2.36. The van der Waals surface area contributed by atoms with Gasteiger partial charge in [0.15, 0.2) is 0 Å². The molecule has 12 aromatic rings. The standard InChI is InChI=1S/C70H47NO/c1-69(2)63-41-45(49-28-18-29-59-58-27-12-17-34-67(58)72-68(49)59)35-38-55(63)56-39-36-46(42-64(56)69)71(66-33-16-11-21-48(66)44-19-4-3-5-20-44)47-37-40-57-54-26-10-15-32-62(54)70(65(57)43-47)60-30-13-8-24-52(60)50-22-6-7-23-51(50)53-25-9-14-31-61(53)70/h3-43H,1-2H3. The molecule has 0 bridgehead atoms. The van der Waals surface area contributed by atoms with Crippen LogP contribution in [-0.4, -0.2) is 0 Å². The molecule has 0 aliphatic heterocycles. The van der Waals surface area contributed by atoms with Gasteiger partial charge in [-0.25, -0.2) is 0 Å². The zero-order valence-electron chi connectivity index (χ0n) is 40.0. The van der Waals surface area contributed by atoms with Crippen LogP contribution in [0.3, 0.4) is 0 Å². The van der Waals surface area contributed by atoms with Crippen molar-refractivity contribution in [3.8, 4) is 66.8 Å². The number of fused-ring (bicyclic) bond motifs is 18. The van der Waals surface area contributed by atoms with Crippen LogP contribution in [-0.2, 0) is 10.8 Å². The van der Waals surface area contributed by atoms with Crippen molar-refractivity contribution in [1.82, 2.24) is 0 Å². The van der Waals surface area contributed by atoms with E-state index in [0.29, 0.717) is 0 Å². The van der Waals surface area contributed by atoms with Crippen LogP contribution in [0.15, 0.2) is 253 Å². The average molecular weight is 918 g/mol. The van der Waals surface area contributed by atoms with Gasteiger partial charge in [0.05, 0.1) is 11.1 Å². The molecule has 72 heavy (non-hydrogen) atoms. The second-order valence-corrected chi connectivity index (χ2v) is 20.3. The first-order valence-corrected chi connectivity index (χ1v) is 25.2. The second kappa shape index (κ2) is 15.3. The number of rotatable bonds is 5. The molecular formula is C70H47NO. The third-order valence-electron chi connectivity index (χ3n) is 16.3. The Hall–Kier alpha value is -8.98. The van der Waals surface area contributed by atoms with Crippen LogP contribution in [0.5, 0.6) is 0 Å². The predicted octanol–water partition coefficient (Wildman–Crippen LogP) is 18.7. The first kappa shape index (κ1) is 40.9. The number of benzene rings is 11. The van der Waals surface area contributed by atoms with Gasteiger partial charge in [-0.2, -0.15) is 0 Å². The summed E-state index contributed by atoms with van der Waals surface area (Å²) in [6, 6.07) is 92.6. The minimum Gasteiger partial charge on any atom is -0.455 e. The van der Waals surface area contributed by atoms with Gasteiger partial charge in [0.1, 0.15) is 11.2 Å². The molecule has 338 valence electrons. The molecule has 0 unspecified atom stereocenters. The monoisotopic (exact) mass is 917 g/mol. The maximum atomic E-state index is 6.57. The summed E-state index contributed by atoms with van der Waals surface area (Å²) < 4.78 is 6.57. The summed E-state index contributed by atoms with van der Waals surface area (Å²) in [6.07, 6.45) is 0. The summed E-state index contributed by atoms with van der Waals surface area (Å²) in [7, 11) is 0. The largest absolute Gasteiger partial charge is 0.455 e. The summed E-state index contributed by atoms with van der Waals surface area (Å²) in [5.74, 6) is 0. The van der Waals surface area contributed by atoms with Crippen LogP contribution >= 0.6 is 0 Å². The number of hydrogen-bond acceptors (Lipinski definition) is 2. The highest BCUT2D eigenvalue weighted by molar-refractivity contribution is 6.10. The molecule has 0 radical (unpaired) electrons. The SMILES string of the molecule is CC1(C)c2cc(-c3cccc4c3oc3ccccc34)ccc2-c2ccc(N(c3ccc4c(c3)C3(c5ccccc5-c5ccccc5-c5ccccc53)c3ccccc3-4)c3ccccc3-c3ccccc3)cc21. The van der Waals surface area contributed by atoms with Crippen LogP contribution in [0.1, 0.15) is 47.2 Å². The molecule has 1 heterocycles. The quantitative estimate of drug-likeness (QED) is 0.171. The van der Waals surface area contributed by atoms with Gasteiger partial charge in [0, 0.05) is 38.7 Å². The molecule has 0 saturated heterocycles. The first-order valence-electron chi connectivity index (χ1n) is 25.2. The number of anilines is 3. The highest BCUT2D eigenvalue weighted by atomic mass is 16.3. The van der Waals surface area contributed by atoms with Crippen LogP contribution in [0, 0.1) is 0 Å². The Bertz CT molecular complexity index is 4140. The fourth-order valence-electron chi connectivity index (χ4n) is 13.1. The van der Waals surface area contributed by atoms with E-state index in [1.165, 1.54) is 89.0 Å². The Labute approximate surface area is 419 Å². The summed E-state index contributed by atoms with van der Waals surface area (Å²) >= 11 is 0. The maximum Gasteiger partial charge on any atom is 0.143 e. The summed E-state index contributed by atoms with van der Waals surface area (Å²) in [4.78, 5) is 2.52. The number of hydrogen-bond donors (Lipinski definition) is 0. The maximum absolute atomic E-state index is 6.57. The Morgan fingerprint density at radius 1 is 0.306 bits per heavy atom. The topological polar surface area (TPSA) is 16.4 Å². The van der Waals surface area contributed by atoms with Gasteiger partial charge in [0.25, 0.3) is 0 Å². The molecule has 0 atom stereocenters. The van der Waals surface area contributed by atoms with Crippen molar-refractivity contribution >= 4 is 39.0 Å². The molecule has 1 aromatic heterocycles. The van der Waals surface area contributed by atoms with Gasteiger partial charge in [-0.1, -0.05) is 220 Å². The lowest BCUT2D eigenvalue weighted by Crippen LogP contribution is -2.29. The van der Waals surface area contributed by atoms with Crippen molar-refractivity contribution in [3.05, 3.63) is 282 Å². The normalized spacial score (nSPS) is 13.9. The zero-order chi connectivity index (χ0) is 47.7. The number of furan rings is 1. The van der Waals surface area contributed by atoms with Gasteiger partial charge in [-0.3, -0.25) is 0 Å². The molecule has 0 saturated carbocycles. The van der Waals surface area contributed by atoms with Crippen molar-refractivity contribution in [2.24, 2.45) is 0 Å². The predicted molar refractivity (Wildman–Crippen MR) is 299 cm³/mol. The van der Waals surface area contributed by atoms with E-state index in [4.69, 9.17) is 4.42 Å². The second-order valence-electron chi connectivity index (χ2n) is 20.3. The zero-order valence-corrected chi connectivity index (χ0v) is 40.0. The van der Waals surface area contributed by atoms with E-state index in [0.717, 1.165) is 50.1 Å². The van der Waals surface area contributed by atoms with Crippen LogP contribution in [0.25, 0.3) is 88.7 Å². The van der Waals surface area contributed by atoms with Crippen LogP contribution < -0.4 is 4.90 Å². The van der Waals surface area contributed by atoms with E-state index in [1.807, 2.05) is 6.07 Å². The first-order chi connectivity index (χ1) is 35.5. The van der Waals surface area contributed by atoms with Crippen molar-refractivity contribution in [2.75, 3.05) is 4.90 Å². The molecular weight excluding hydrogens is 871 g/mol. The third-order valence-corrected chi connectivity index (χ3v) is 16.3. The van der Waals surface area contributed by atoms with Gasteiger partial charge in [-0.15, -0.1) is 0 Å². The molecule has 3 aliphatic rings. The Morgan fingerprint density at radius 2 is 0.764 bits per heavy atom. The Morgan fingerprint density at radius 3 is 1.43 bits per heavy atom. The lowest BCUT2D eigenvalue weighted by molar-refractivity contribution is 0.660. The van der Waals surface area contributed by atoms with Crippen molar-refractivity contribution < 1.29 is 4.42 Å². The highest BCUT2D eigenvalue weighted by Gasteiger charge is 2.50. The minimum atomic E-state index is -0.606. The van der Waals surface area contributed by atoms with E-state index in [9.17, 15) is 0 Å². The van der Waals surface area contributed by atoms with E-state index in [-0.39, 0.29) is 5.41 Å². The minimum absolute atomic E-state index is 0.296. The Kier molecular flexibility index (Phi) is 8.66. The van der Waals surface area contributed by atoms with Crippen molar-refractivity contribution in [2.45, 2.75) is 24.7 Å². The molecule has 0 amide bonds. The number of nitrogens with zero attached hydrogens (tertiary/aromatic N) is 1. The van der Waals surface area contributed by atoms with Crippen LogP contribution in [0.4, 0.5) is 17.1 Å². The smallest absolute Gasteiger partial charge is 0.143 e. The van der Waals surface area contributed by atoms with Crippen molar-refractivity contribution in [1.29, 1.82) is 0 Å². The molecule has 2 heteroatoms. The molecule has 0 N–H and O–H groups in total. The summed E-state index contributed by atoms with van der Waals surface area (Å²) in [6.45, 7) is 4.79. The average Bonchev–Trinajstić information content (AvgIpc) is 4.01. The van der Waals surface area contributed by atoms with E-state index < -0.39 is 5.41 Å². The van der Waals surface area contributed by atoms with Crippen molar-refractivity contribution in [3.63, 3.8) is 0 Å². The fraction of sp³-hybridized carbons (Fsp3) is 0.0571. The lowest BCUT2D eigenvalue weighted by atomic mass is 9.66. The van der Waals surface area contributed by atoms with Gasteiger partial charge >= 0.3 is 0 Å². The molecule has 11 aromatic carbocycles. The molecule has 3 aliphatic carbocycles. The fourth-order valence-corrected chi connectivity index (χ4v) is 13.1. The van der Waals surface area contributed by atoms with Gasteiger partial charge in [-0.05, 0) is 131 Å². The highest BCUT2D eigenvalue weighted by Crippen LogP contribution is 2.62. The summed E-state index contributed by atoms with van der Waals surface area (Å²) in [5.41, 5.74) is 26.9. The van der Waals surface area contributed by atoms with Crippen LogP contribution in [0.2, 0.25) is 0 Å². The molecule has 0 fully saturated rings. The van der Waals surface area contributed by atoms with E-state index in [2.05, 4.69) is 261 Å². The van der Waals surface area contributed by atoms with E-state index in [1.54, 1.807) is 0 Å². The van der Waals surface area contributed by atoms with Gasteiger partial charge < -0.3 is 9.32 Å². The molecule has 1 spiro atoms. The Balaban J connectivity index is 0.950.